The van der Waals surface area contributed by atoms with E-state index < -0.39 is 5.56 Å². The van der Waals surface area contributed by atoms with E-state index in [4.69, 9.17) is 26.8 Å². The minimum atomic E-state index is -0.498. The number of hydrogen-bond donors (Lipinski definition) is 2. The molecule has 0 unspecified atom stereocenters. The van der Waals surface area contributed by atoms with E-state index in [1.54, 1.807) is 42.5 Å². The Kier molecular flexibility index (Phi) is 6.43. The maximum absolute atomic E-state index is 12.6. The molecule has 10 heteroatoms. The normalized spacial score (nSPS) is 10.7. The van der Waals surface area contributed by atoms with Gasteiger partial charge >= 0.3 is 0 Å². The molecule has 0 atom stereocenters. The van der Waals surface area contributed by atoms with Gasteiger partial charge in [0.25, 0.3) is 5.56 Å². The zero-order valence-corrected chi connectivity index (χ0v) is 16.8. The van der Waals surface area contributed by atoms with Crippen LogP contribution in [0.5, 0.6) is 17.2 Å². The third kappa shape index (κ3) is 4.89. The number of thiocarbonyl (C=S) groups is 1. The number of ether oxygens (including phenoxy) is 2. The number of para-hydroxylation sites is 1. The summed E-state index contributed by atoms with van der Waals surface area (Å²) in [5, 5.41) is 7.97. The number of hydrogen-bond acceptors (Lipinski definition) is 6. The monoisotopic (exact) mass is 429 g/mol. The Labute approximate surface area is 176 Å². The van der Waals surface area contributed by atoms with Crippen LogP contribution in [-0.4, -0.2) is 28.2 Å². The number of nitrogens with zero attached hydrogens (tertiary/aromatic N) is 3. The van der Waals surface area contributed by atoms with Crippen LogP contribution in [0.4, 0.5) is 0 Å². The zero-order chi connectivity index (χ0) is 20.8. The molecule has 0 bridgehead atoms. The summed E-state index contributed by atoms with van der Waals surface area (Å²) in [6.07, 6.45) is 2.89. The number of hydrazone groups is 1. The Balaban J connectivity index is 1.88. The van der Waals surface area contributed by atoms with Crippen LogP contribution in [-0.2, 0) is 0 Å². The van der Waals surface area contributed by atoms with E-state index in [1.165, 1.54) is 24.2 Å². The van der Waals surface area contributed by atoms with Crippen molar-refractivity contribution in [3.8, 4) is 22.9 Å². The lowest BCUT2D eigenvalue weighted by Gasteiger charge is -2.12. The fourth-order valence-electron chi connectivity index (χ4n) is 2.38. The van der Waals surface area contributed by atoms with Crippen molar-refractivity contribution in [1.82, 2.24) is 15.2 Å². The van der Waals surface area contributed by atoms with E-state index >= 15 is 0 Å². The van der Waals surface area contributed by atoms with Crippen molar-refractivity contribution in [2.45, 2.75) is 0 Å². The standard InChI is InChI=1S/C19H16ClN5O3S/c1-27-15-9-12(10-22-24-19(21)29)7-8-14(15)28-16-11-23-25(18(26)17(16)20)13-5-3-2-4-6-13/h2-11H,1H3,(H3,21,24,29). The summed E-state index contributed by atoms with van der Waals surface area (Å²) in [6, 6.07) is 14.0. The number of nitrogens with one attached hydrogen (secondary N) is 1. The molecule has 0 saturated heterocycles. The molecule has 3 N–H and O–H groups in total. The van der Waals surface area contributed by atoms with Gasteiger partial charge in [-0.2, -0.15) is 14.9 Å². The molecule has 1 aromatic heterocycles. The van der Waals surface area contributed by atoms with Gasteiger partial charge in [0.15, 0.2) is 27.4 Å². The van der Waals surface area contributed by atoms with Gasteiger partial charge in [0, 0.05) is 0 Å². The van der Waals surface area contributed by atoms with Crippen molar-refractivity contribution in [2.75, 3.05) is 7.11 Å². The summed E-state index contributed by atoms with van der Waals surface area (Å²) in [7, 11) is 1.49. The summed E-state index contributed by atoms with van der Waals surface area (Å²) in [5.41, 5.74) is 8.58. The number of halogens is 1. The molecule has 29 heavy (non-hydrogen) atoms. The average Bonchev–Trinajstić information content (AvgIpc) is 2.72. The van der Waals surface area contributed by atoms with E-state index in [2.05, 4.69) is 27.8 Å². The van der Waals surface area contributed by atoms with Crippen molar-refractivity contribution in [1.29, 1.82) is 0 Å². The van der Waals surface area contributed by atoms with Gasteiger partial charge in [-0.25, -0.2) is 0 Å². The highest BCUT2D eigenvalue weighted by Crippen LogP contribution is 2.34. The summed E-state index contributed by atoms with van der Waals surface area (Å²) < 4.78 is 12.3. The van der Waals surface area contributed by atoms with Crippen molar-refractivity contribution in [2.24, 2.45) is 10.8 Å². The second kappa shape index (κ2) is 9.18. The van der Waals surface area contributed by atoms with Gasteiger partial charge in [-0.3, -0.25) is 10.2 Å². The van der Waals surface area contributed by atoms with Gasteiger partial charge in [-0.05, 0) is 48.1 Å². The minimum Gasteiger partial charge on any atom is -0.493 e. The molecule has 0 saturated carbocycles. The second-order valence-corrected chi connectivity index (χ2v) is 6.44. The smallest absolute Gasteiger partial charge is 0.294 e. The molecule has 0 radical (unpaired) electrons. The lowest BCUT2D eigenvalue weighted by atomic mass is 10.2. The molecule has 3 aromatic rings. The maximum atomic E-state index is 12.6. The molecule has 148 valence electrons. The summed E-state index contributed by atoms with van der Waals surface area (Å²) in [6.45, 7) is 0. The lowest BCUT2D eigenvalue weighted by Crippen LogP contribution is -2.23. The molecular weight excluding hydrogens is 414 g/mol. The largest absolute Gasteiger partial charge is 0.493 e. The Morgan fingerprint density at radius 2 is 2.00 bits per heavy atom. The first-order chi connectivity index (χ1) is 14.0. The molecule has 0 aliphatic carbocycles. The van der Waals surface area contributed by atoms with Gasteiger partial charge in [-0.1, -0.05) is 29.8 Å². The SMILES string of the molecule is COc1cc(C=NNC(N)=S)ccc1Oc1cnn(-c2ccccc2)c(=O)c1Cl. The van der Waals surface area contributed by atoms with Crippen LogP contribution in [0.15, 0.2) is 64.6 Å². The first-order valence-electron chi connectivity index (χ1n) is 8.27. The Hall–Kier alpha value is -3.43. The minimum absolute atomic E-state index is 0.0561. The highest BCUT2D eigenvalue weighted by molar-refractivity contribution is 7.80. The predicted molar refractivity (Wildman–Crippen MR) is 115 cm³/mol. The first kappa shape index (κ1) is 20.3. The van der Waals surface area contributed by atoms with Crippen LogP contribution in [0.25, 0.3) is 5.69 Å². The Morgan fingerprint density at radius 3 is 2.69 bits per heavy atom. The molecule has 8 nitrogen and oxygen atoms in total. The van der Waals surface area contributed by atoms with Crippen LogP contribution < -0.4 is 26.2 Å². The quantitative estimate of drug-likeness (QED) is 0.352. The topological polar surface area (TPSA) is 104 Å². The molecule has 0 spiro atoms. The zero-order valence-electron chi connectivity index (χ0n) is 15.2. The van der Waals surface area contributed by atoms with Crippen molar-refractivity contribution < 1.29 is 9.47 Å². The number of methoxy groups -OCH3 is 1. The van der Waals surface area contributed by atoms with Gasteiger partial charge in [0.05, 0.1) is 25.2 Å². The molecule has 0 amide bonds. The number of aromatic nitrogens is 2. The average molecular weight is 430 g/mol. The van der Waals surface area contributed by atoms with Crippen LogP contribution in [0, 0.1) is 0 Å². The van der Waals surface area contributed by atoms with Gasteiger partial charge in [0.2, 0.25) is 0 Å². The Morgan fingerprint density at radius 1 is 1.24 bits per heavy atom. The van der Waals surface area contributed by atoms with Crippen LogP contribution >= 0.6 is 23.8 Å². The van der Waals surface area contributed by atoms with Gasteiger partial charge in [0.1, 0.15) is 0 Å². The molecule has 0 fully saturated rings. The highest BCUT2D eigenvalue weighted by atomic mass is 35.5. The molecule has 0 aliphatic heterocycles. The highest BCUT2D eigenvalue weighted by Gasteiger charge is 2.14. The fraction of sp³-hybridized carbons (Fsp3) is 0.0526. The van der Waals surface area contributed by atoms with E-state index in [1.807, 2.05) is 6.07 Å². The van der Waals surface area contributed by atoms with Gasteiger partial charge < -0.3 is 15.2 Å². The maximum Gasteiger partial charge on any atom is 0.294 e. The van der Waals surface area contributed by atoms with Crippen LogP contribution in [0.3, 0.4) is 0 Å². The van der Waals surface area contributed by atoms with Crippen molar-refractivity contribution >= 4 is 35.1 Å². The van der Waals surface area contributed by atoms with E-state index in [9.17, 15) is 4.79 Å². The number of nitrogens with two attached hydrogens (primary N) is 1. The second-order valence-electron chi connectivity index (χ2n) is 5.62. The van der Waals surface area contributed by atoms with Gasteiger partial charge in [-0.15, -0.1) is 0 Å². The molecule has 2 aromatic carbocycles. The van der Waals surface area contributed by atoms with E-state index in [0.717, 1.165) is 0 Å². The number of rotatable bonds is 6. The third-order valence-electron chi connectivity index (χ3n) is 3.68. The Bertz CT molecular complexity index is 1120. The van der Waals surface area contributed by atoms with E-state index in [-0.39, 0.29) is 15.9 Å². The third-order valence-corrected chi connectivity index (χ3v) is 4.12. The molecule has 3 rings (SSSR count). The first-order valence-corrected chi connectivity index (χ1v) is 9.06. The molecule has 0 aliphatic rings. The van der Waals surface area contributed by atoms with Crippen molar-refractivity contribution in [3.05, 3.63) is 75.7 Å². The summed E-state index contributed by atoms with van der Waals surface area (Å²) in [4.78, 5) is 12.6. The fourth-order valence-corrected chi connectivity index (χ4v) is 2.60. The summed E-state index contributed by atoms with van der Waals surface area (Å²) in [5.74, 6) is 0.874. The molecular formula is C19H16ClN5O3S. The molecule has 1 heterocycles. The summed E-state index contributed by atoms with van der Waals surface area (Å²) >= 11 is 10.9. The van der Waals surface area contributed by atoms with Crippen molar-refractivity contribution in [3.63, 3.8) is 0 Å². The van der Waals surface area contributed by atoms with Crippen LogP contribution in [0.2, 0.25) is 5.02 Å². The predicted octanol–water partition coefficient (Wildman–Crippen LogP) is 2.85. The number of benzene rings is 2. The van der Waals surface area contributed by atoms with E-state index in [0.29, 0.717) is 22.7 Å². The lowest BCUT2D eigenvalue weighted by molar-refractivity contribution is 0.377. The van der Waals surface area contributed by atoms with Crippen LogP contribution in [0.1, 0.15) is 5.56 Å².